The standard InChI is InChI=1S/C21H33BrO3/c1-4-5-6-7-9-19(22)10-8-15-24-20-13-11-18(12-14-20)21(23)25-16-17(2)3/h11-14,17,19H,4-10,15-16H2,1-3H3. The number of hydrogen-bond donors (Lipinski definition) is 0. The molecule has 0 aliphatic rings. The Bertz CT molecular complexity index is 471. The van der Waals surface area contributed by atoms with Crippen LogP contribution in [-0.4, -0.2) is 24.0 Å². The van der Waals surface area contributed by atoms with Crippen LogP contribution in [0.2, 0.25) is 0 Å². The molecule has 0 aromatic heterocycles. The average molecular weight is 413 g/mol. The van der Waals surface area contributed by atoms with Crippen LogP contribution in [0.1, 0.15) is 76.1 Å². The molecule has 0 bridgehead atoms. The van der Waals surface area contributed by atoms with Gasteiger partial charge in [0.15, 0.2) is 0 Å². The number of carbonyl (C=O) groups is 1. The van der Waals surface area contributed by atoms with Gasteiger partial charge in [0.2, 0.25) is 0 Å². The van der Waals surface area contributed by atoms with Gasteiger partial charge >= 0.3 is 5.97 Å². The van der Waals surface area contributed by atoms with Gasteiger partial charge in [0.1, 0.15) is 5.75 Å². The van der Waals surface area contributed by atoms with Gasteiger partial charge in [-0.05, 0) is 49.4 Å². The number of carbonyl (C=O) groups excluding carboxylic acids is 1. The van der Waals surface area contributed by atoms with E-state index in [2.05, 4.69) is 22.9 Å². The van der Waals surface area contributed by atoms with E-state index >= 15 is 0 Å². The molecule has 1 atom stereocenters. The van der Waals surface area contributed by atoms with Crippen molar-refractivity contribution in [1.29, 1.82) is 0 Å². The number of ether oxygens (including phenoxy) is 2. The molecule has 1 unspecified atom stereocenters. The van der Waals surface area contributed by atoms with E-state index in [0.717, 1.165) is 18.6 Å². The van der Waals surface area contributed by atoms with E-state index in [0.29, 0.717) is 29.5 Å². The van der Waals surface area contributed by atoms with E-state index in [-0.39, 0.29) is 5.97 Å². The summed E-state index contributed by atoms with van der Waals surface area (Å²) in [6.07, 6.45) is 8.67. The Hall–Kier alpha value is -1.03. The van der Waals surface area contributed by atoms with Crippen LogP contribution in [0.5, 0.6) is 5.75 Å². The third-order valence-electron chi connectivity index (χ3n) is 3.94. The van der Waals surface area contributed by atoms with E-state index in [1.54, 1.807) is 12.1 Å². The summed E-state index contributed by atoms with van der Waals surface area (Å²) < 4.78 is 11.0. The molecule has 0 saturated carbocycles. The molecule has 0 saturated heterocycles. The largest absolute Gasteiger partial charge is 0.494 e. The van der Waals surface area contributed by atoms with Crippen molar-refractivity contribution in [1.82, 2.24) is 0 Å². The van der Waals surface area contributed by atoms with Crippen molar-refractivity contribution in [3.05, 3.63) is 29.8 Å². The average Bonchev–Trinajstić information content (AvgIpc) is 2.61. The normalized spacial score (nSPS) is 12.2. The number of benzene rings is 1. The third kappa shape index (κ3) is 10.5. The molecule has 0 aliphatic heterocycles. The Morgan fingerprint density at radius 2 is 1.72 bits per heavy atom. The molecule has 1 aromatic carbocycles. The van der Waals surface area contributed by atoms with Gasteiger partial charge in [-0.25, -0.2) is 4.79 Å². The number of hydrogen-bond acceptors (Lipinski definition) is 3. The molecule has 0 amide bonds. The number of esters is 1. The van der Waals surface area contributed by atoms with Crippen molar-refractivity contribution in [3.8, 4) is 5.75 Å². The Morgan fingerprint density at radius 3 is 2.36 bits per heavy atom. The van der Waals surface area contributed by atoms with Crippen LogP contribution in [0.3, 0.4) is 0 Å². The van der Waals surface area contributed by atoms with Gasteiger partial charge in [-0.3, -0.25) is 0 Å². The van der Waals surface area contributed by atoms with Gasteiger partial charge in [0.05, 0.1) is 18.8 Å². The Kier molecular flexibility index (Phi) is 11.6. The fourth-order valence-electron chi connectivity index (χ4n) is 2.44. The smallest absolute Gasteiger partial charge is 0.338 e. The SMILES string of the molecule is CCCCCCC(Br)CCCOc1ccc(C(=O)OCC(C)C)cc1. The lowest BCUT2D eigenvalue weighted by atomic mass is 10.1. The maximum atomic E-state index is 11.9. The third-order valence-corrected chi connectivity index (χ3v) is 4.85. The Balaban J connectivity index is 2.20. The van der Waals surface area contributed by atoms with Crippen molar-refractivity contribution in [2.75, 3.05) is 13.2 Å². The first kappa shape index (κ1) is 22.0. The van der Waals surface area contributed by atoms with Crippen molar-refractivity contribution in [3.63, 3.8) is 0 Å². The molecule has 1 rings (SSSR count). The highest BCUT2D eigenvalue weighted by Gasteiger charge is 2.08. The van der Waals surface area contributed by atoms with Gasteiger partial charge in [-0.2, -0.15) is 0 Å². The van der Waals surface area contributed by atoms with Crippen LogP contribution >= 0.6 is 15.9 Å². The number of halogens is 1. The van der Waals surface area contributed by atoms with Crippen molar-refractivity contribution in [2.24, 2.45) is 5.92 Å². The second kappa shape index (κ2) is 13.2. The molecule has 0 spiro atoms. The fraction of sp³-hybridized carbons (Fsp3) is 0.667. The topological polar surface area (TPSA) is 35.5 Å². The second-order valence-electron chi connectivity index (χ2n) is 6.95. The quantitative estimate of drug-likeness (QED) is 0.213. The minimum Gasteiger partial charge on any atom is -0.494 e. The van der Waals surface area contributed by atoms with Gasteiger partial charge in [0.25, 0.3) is 0 Å². The lowest BCUT2D eigenvalue weighted by Gasteiger charge is -2.11. The maximum Gasteiger partial charge on any atom is 0.338 e. The molecule has 0 heterocycles. The molecule has 25 heavy (non-hydrogen) atoms. The van der Waals surface area contributed by atoms with Crippen LogP contribution in [0.4, 0.5) is 0 Å². The molecule has 0 fully saturated rings. The van der Waals surface area contributed by atoms with Crippen molar-refractivity contribution in [2.45, 2.75) is 70.5 Å². The molecular formula is C21H33BrO3. The highest BCUT2D eigenvalue weighted by Crippen LogP contribution is 2.18. The van der Waals surface area contributed by atoms with Crippen LogP contribution in [-0.2, 0) is 4.74 Å². The predicted molar refractivity (Wildman–Crippen MR) is 108 cm³/mol. The van der Waals surface area contributed by atoms with E-state index in [1.165, 1.54) is 32.1 Å². The van der Waals surface area contributed by atoms with Gasteiger partial charge in [0, 0.05) is 4.83 Å². The van der Waals surface area contributed by atoms with Gasteiger partial charge < -0.3 is 9.47 Å². The summed E-state index contributed by atoms with van der Waals surface area (Å²) in [6, 6.07) is 7.20. The zero-order chi connectivity index (χ0) is 18.5. The van der Waals surface area contributed by atoms with E-state index in [1.807, 2.05) is 26.0 Å². The van der Waals surface area contributed by atoms with Crippen LogP contribution in [0.25, 0.3) is 0 Å². The van der Waals surface area contributed by atoms with E-state index in [4.69, 9.17) is 9.47 Å². The first-order valence-corrected chi connectivity index (χ1v) is 10.5. The minimum atomic E-state index is -0.273. The molecule has 3 nitrogen and oxygen atoms in total. The van der Waals surface area contributed by atoms with Crippen LogP contribution < -0.4 is 4.74 Å². The summed E-state index contributed by atoms with van der Waals surface area (Å²) in [5.41, 5.74) is 0.570. The zero-order valence-corrected chi connectivity index (χ0v) is 17.5. The second-order valence-corrected chi connectivity index (χ2v) is 8.25. The predicted octanol–water partition coefficient (Wildman–Crippen LogP) is 6.39. The first-order valence-electron chi connectivity index (χ1n) is 9.57. The Morgan fingerprint density at radius 1 is 1.04 bits per heavy atom. The molecule has 142 valence electrons. The first-order chi connectivity index (χ1) is 12.0. The summed E-state index contributed by atoms with van der Waals surface area (Å²) in [5.74, 6) is 0.872. The summed E-state index contributed by atoms with van der Waals surface area (Å²) >= 11 is 3.76. The van der Waals surface area contributed by atoms with Gasteiger partial charge in [-0.15, -0.1) is 0 Å². The van der Waals surface area contributed by atoms with Crippen LogP contribution in [0, 0.1) is 5.92 Å². The molecular weight excluding hydrogens is 380 g/mol. The highest BCUT2D eigenvalue weighted by molar-refractivity contribution is 9.09. The zero-order valence-electron chi connectivity index (χ0n) is 15.9. The molecule has 0 radical (unpaired) electrons. The van der Waals surface area contributed by atoms with E-state index in [9.17, 15) is 4.79 Å². The van der Waals surface area contributed by atoms with Crippen LogP contribution in [0.15, 0.2) is 24.3 Å². The maximum absolute atomic E-state index is 11.9. The Labute approximate surface area is 161 Å². The summed E-state index contributed by atoms with van der Waals surface area (Å²) in [6.45, 7) is 7.43. The molecule has 4 heteroatoms. The highest BCUT2D eigenvalue weighted by atomic mass is 79.9. The molecule has 0 aliphatic carbocycles. The number of rotatable bonds is 13. The summed E-state index contributed by atoms with van der Waals surface area (Å²) in [4.78, 5) is 12.4. The lowest BCUT2D eigenvalue weighted by molar-refractivity contribution is 0.0459. The van der Waals surface area contributed by atoms with Crippen molar-refractivity contribution >= 4 is 21.9 Å². The van der Waals surface area contributed by atoms with Crippen molar-refractivity contribution < 1.29 is 14.3 Å². The number of alkyl halides is 1. The van der Waals surface area contributed by atoms with Gasteiger partial charge in [-0.1, -0.05) is 62.4 Å². The lowest BCUT2D eigenvalue weighted by Crippen LogP contribution is -2.10. The summed E-state index contributed by atoms with van der Waals surface area (Å²) in [7, 11) is 0. The molecule has 1 aromatic rings. The fourth-order valence-corrected chi connectivity index (χ4v) is 3.09. The molecule has 0 N–H and O–H groups in total. The minimum absolute atomic E-state index is 0.273. The number of unbranched alkanes of at least 4 members (excludes halogenated alkanes) is 3. The summed E-state index contributed by atoms with van der Waals surface area (Å²) in [5, 5.41) is 0. The monoisotopic (exact) mass is 412 g/mol. The van der Waals surface area contributed by atoms with E-state index < -0.39 is 0 Å².